The normalized spacial score (nSPS) is 17.4. The van der Waals surface area contributed by atoms with Crippen LogP contribution >= 0.6 is 0 Å². The Morgan fingerprint density at radius 1 is 0.596 bits per heavy atom. The highest BCUT2D eigenvalue weighted by Gasteiger charge is 2.28. The van der Waals surface area contributed by atoms with Crippen molar-refractivity contribution in [3.8, 4) is 16.8 Å². The van der Waals surface area contributed by atoms with Gasteiger partial charge in [0.05, 0.1) is 16.6 Å². The number of nitrogens with zero attached hydrogens (tertiary/aromatic N) is 2. The van der Waals surface area contributed by atoms with Crippen LogP contribution < -0.4 is 0 Å². The van der Waals surface area contributed by atoms with Crippen LogP contribution in [0.3, 0.4) is 0 Å². The smallest absolute Gasteiger partial charge is 0.135 e. The van der Waals surface area contributed by atoms with E-state index in [2.05, 4.69) is 156 Å². The molecule has 2 atom stereocenters. The van der Waals surface area contributed by atoms with E-state index in [1.807, 2.05) is 0 Å². The molecule has 8 aromatic rings. The molecule has 2 unspecified atom stereocenters. The lowest BCUT2D eigenvalue weighted by atomic mass is 9.91. The Hall–Kier alpha value is -5.54. The van der Waals surface area contributed by atoms with Gasteiger partial charge < -0.3 is 13.6 Å². The van der Waals surface area contributed by atoms with Crippen LogP contribution in [0.15, 0.2) is 126 Å². The van der Waals surface area contributed by atoms with Crippen LogP contribution in [-0.2, 0) is 6.42 Å². The summed E-state index contributed by atoms with van der Waals surface area (Å²) in [7, 11) is 0. The Morgan fingerprint density at radius 3 is 2.19 bits per heavy atom. The van der Waals surface area contributed by atoms with Gasteiger partial charge in [-0.2, -0.15) is 0 Å². The second-order valence-corrected chi connectivity index (χ2v) is 13.5. The van der Waals surface area contributed by atoms with Crippen molar-refractivity contribution >= 4 is 61.5 Å². The quantitative estimate of drug-likeness (QED) is 0.196. The van der Waals surface area contributed by atoms with E-state index in [0.717, 1.165) is 24.2 Å². The highest BCUT2D eigenvalue weighted by molar-refractivity contribution is 6.12. The van der Waals surface area contributed by atoms with Crippen molar-refractivity contribution in [3.63, 3.8) is 0 Å². The third kappa shape index (κ3) is 3.93. The van der Waals surface area contributed by atoms with Crippen LogP contribution in [0.25, 0.3) is 78.3 Å². The van der Waals surface area contributed by atoms with Gasteiger partial charge in [0, 0.05) is 55.7 Å². The van der Waals surface area contributed by atoms with Crippen LogP contribution in [0.5, 0.6) is 0 Å². The van der Waals surface area contributed by atoms with Crippen molar-refractivity contribution in [1.29, 1.82) is 0 Å². The molecule has 47 heavy (non-hydrogen) atoms. The molecule has 2 aliphatic rings. The molecule has 3 heterocycles. The van der Waals surface area contributed by atoms with Crippen LogP contribution in [0.2, 0.25) is 0 Å². The van der Waals surface area contributed by atoms with Gasteiger partial charge in [-0.1, -0.05) is 98.8 Å². The fourth-order valence-corrected chi connectivity index (χ4v) is 8.29. The molecule has 226 valence electrons. The molecule has 0 spiro atoms. The van der Waals surface area contributed by atoms with E-state index in [9.17, 15) is 0 Å². The van der Waals surface area contributed by atoms with Crippen molar-refractivity contribution in [2.24, 2.45) is 5.92 Å². The number of furan rings is 1. The van der Waals surface area contributed by atoms with Gasteiger partial charge in [0.15, 0.2) is 0 Å². The van der Waals surface area contributed by atoms with Gasteiger partial charge in [0.25, 0.3) is 0 Å². The summed E-state index contributed by atoms with van der Waals surface area (Å²) in [6.45, 7) is 4.61. The average Bonchev–Trinajstić information content (AvgIpc) is 3.75. The molecule has 0 saturated heterocycles. The predicted octanol–water partition coefficient (Wildman–Crippen LogP) is 11.9. The lowest BCUT2D eigenvalue weighted by Crippen LogP contribution is -2.08. The Kier molecular flexibility index (Phi) is 5.66. The van der Waals surface area contributed by atoms with Gasteiger partial charge in [-0.25, -0.2) is 0 Å². The van der Waals surface area contributed by atoms with Gasteiger partial charge in [-0.3, -0.25) is 0 Å². The number of para-hydroxylation sites is 2. The number of rotatable bonds is 3. The molecule has 3 aromatic heterocycles. The molecule has 0 aliphatic heterocycles. The minimum absolute atomic E-state index is 0.256. The average molecular weight is 607 g/mol. The van der Waals surface area contributed by atoms with Crippen molar-refractivity contribution in [2.75, 3.05) is 0 Å². The third-order valence-corrected chi connectivity index (χ3v) is 10.5. The number of aromatic nitrogens is 2. The first-order valence-corrected chi connectivity index (χ1v) is 16.8. The van der Waals surface area contributed by atoms with E-state index in [-0.39, 0.29) is 5.92 Å². The van der Waals surface area contributed by atoms with E-state index >= 15 is 0 Å². The molecule has 0 radical (unpaired) electrons. The van der Waals surface area contributed by atoms with E-state index < -0.39 is 0 Å². The number of allylic oxidation sites excluding steroid dienone is 2. The summed E-state index contributed by atoms with van der Waals surface area (Å²) in [6, 6.07) is 42.0. The monoisotopic (exact) mass is 606 g/mol. The second kappa shape index (κ2) is 9.98. The zero-order chi connectivity index (χ0) is 31.2. The first-order chi connectivity index (χ1) is 23.1. The fraction of sp³-hybridized carbons (Fsp3) is 0.136. The Labute approximate surface area is 273 Å². The van der Waals surface area contributed by atoms with Crippen molar-refractivity contribution in [1.82, 2.24) is 9.13 Å². The van der Waals surface area contributed by atoms with Gasteiger partial charge in [-0.05, 0) is 78.4 Å². The van der Waals surface area contributed by atoms with Crippen LogP contribution in [-0.4, -0.2) is 9.13 Å². The van der Waals surface area contributed by atoms with E-state index in [1.165, 1.54) is 77.4 Å². The van der Waals surface area contributed by atoms with Crippen LogP contribution in [0, 0.1) is 5.92 Å². The molecule has 0 saturated carbocycles. The first-order valence-electron chi connectivity index (χ1n) is 16.8. The lowest BCUT2D eigenvalue weighted by Gasteiger charge is -2.21. The number of hydrogen-bond donors (Lipinski definition) is 0. The summed E-state index contributed by atoms with van der Waals surface area (Å²) < 4.78 is 11.6. The topological polar surface area (TPSA) is 23.0 Å². The summed E-state index contributed by atoms with van der Waals surface area (Å²) >= 11 is 0. The molecule has 0 bridgehead atoms. The number of fused-ring (bicyclic) bond motifs is 9. The van der Waals surface area contributed by atoms with E-state index in [0.29, 0.717) is 5.92 Å². The van der Waals surface area contributed by atoms with Crippen molar-refractivity contribution in [3.05, 3.63) is 144 Å². The minimum atomic E-state index is 0.256. The first kappa shape index (κ1) is 26.7. The minimum Gasteiger partial charge on any atom is -0.460 e. The van der Waals surface area contributed by atoms with Gasteiger partial charge >= 0.3 is 0 Å². The third-order valence-electron chi connectivity index (χ3n) is 10.5. The standard InChI is InChI=1S/C44H34N2O/c1-27-16-19-35-33-12-6-8-14-39(33)45(42(35)22-27)31-18-21-43-37(25-31)38-26-32(23-28(2)44(38)47-43)46-40-15-9-7-13-34(40)36-24-30(17-20-41(36)46)29-10-4-3-5-11-29/h3-21,24-28H,22-23H2,1-2H3. The summed E-state index contributed by atoms with van der Waals surface area (Å²) in [5.74, 6) is 1.85. The maximum atomic E-state index is 6.62. The molecular formula is C44H34N2O. The highest BCUT2D eigenvalue weighted by Crippen LogP contribution is 2.45. The largest absolute Gasteiger partial charge is 0.460 e. The summed E-state index contributed by atoms with van der Waals surface area (Å²) in [5, 5.41) is 5.07. The molecule has 3 heteroatoms. The molecule has 2 aliphatic carbocycles. The maximum absolute atomic E-state index is 6.62. The lowest BCUT2D eigenvalue weighted by molar-refractivity contribution is 0.504. The molecule has 10 rings (SSSR count). The summed E-state index contributed by atoms with van der Waals surface area (Å²) in [6.07, 6.45) is 9.01. The molecule has 0 N–H and O–H groups in total. The SMILES string of the molecule is CC1C=Cc2c(n(-c3ccc4oc5c(c4c3)C=C(n3c4ccccc4c4cc(-c6ccccc6)ccc43)CC5C)c3ccccc23)C1. The summed E-state index contributed by atoms with van der Waals surface area (Å²) in [5.41, 5.74) is 13.6. The Morgan fingerprint density at radius 2 is 1.34 bits per heavy atom. The zero-order valence-corrected chi connectivity index (χ0v) is 26.6. The fourth-order valence-electron chi connectivity index (χ4n) is 8.29. The molecule has 0 amide bonds. The molecule has 3 nitrogen and oxygen atoms in total. The Bertz CT molecular complexity index is 2610. The second-order valence-electron chi connectivity index (χ2n) is 13.5. The summed E-state index contributed by atoms with van der Waals surface area (Å²) in [4.78, 5) is 0. The van der Waals surface area contributed by atoms with Crippen molar-refractivity contribution < 1.29 is 4.42 Å². The van der Waals surface area contributed by atoms with E-state index in [4.69, 9.17) is 4.42 Å². The zero-order valence-electron chi connectivity index (χ0n) is 26.6. The predicted molar refractivity (Wildman–Crippen MR) is 197 cm³/mol. The molecule has 5 aromatic carbocycles. The highest BCUT2D eigenvalue weighted by atomic mass is 16.3. The van der Waals surface area contributed by atoms with Gasteiger partial charge in [0.2, 0.25) is 0 Å². The number of benzene rings is 5. The van der Waals surface area contributed by atoms with Crippen LogP contribution in [0.4, 0.5) is 0 Å². The number of hydrogen-bond acceptors (Lipinski definition) is 1. The molecule has 0 fully saturated rings. The maximum Gasteiger partial charge on any atom is 0.135 e. The van der Waals surface area contributed by atoms with Gasteiger partial charge in [0.1, 0.15) is 11.3 Å². The Balaban J connectivity index is 1.17. The van der Waals surface area contributed by atoms with E-state index in [1.54, 1.807) is 0 Å². The van der Waals surface area contributed by atoms with Crippen molar-refractivity contribution in [2.45, 2.75) is 32.6 Å². The molecular weight excluding hydrogens is 572 g/mol. The van der Waals surface area contributed by atoms with Gasteiger partial charge in [-0.15, -0.1) is 0 Å². The van der Waals surface area contributed by atoms with Crippen LogP contribution in [0.1, 0.15) is 48.8 Å².